The van der Waals surface area contributed by atoms with Crippen LogP contribution in [0, 0.1) is 5.92 Å². The van der Waals surface area contributed by atoms with Crippen molar-refractivity contribution in [1.82, 2.24) is 14.9 Å². The van der Waals surface area contributed by atoms with E-state index in [1.165, 1.54) is 4.90 Å². The molecule has 0 unspecified atom stereocenters. The molecule has 1 aromatic heterocycles. The minimum atomic E-state index is -4.14. The number of H-pyrrole nitrogens is 1. The van der Waals surface area contributed by atoms with Crippen LogP contribution in [0.15, 0.2) is 29.1 Å². The molecule has 0 saturated carbocycles. The van der Waals surface area contributed by atoms with E-state index in [0.29, 0.717) is 49.3 Å². The minimum absolute atomic E-state index is 0.205. The molecular formula is C16H19F3N4O. The Bertz CT molecular complexity index is 751. The fourth-order valence-electron chi connectivity index (χ4n) is 3.01. The molecule has 0 aliphatic carbocycles. The average Bonchev–Trinajstić information content (AvgIpc) is 2.53. The van der Waals surface area contributed by atoms with Crippen molar-refractivity contribution in [3.8, 4) is 0 Å². The van der Waals surface area contributed by atoms with E-state index in [9.17, 15) is 18.0 Å². The molecule has 0 bridgehead atoms. The third-order valence-corrected chi connectivity index (χ3v) is 4.28. The van der Waals surface area contributed by atoms with Gasteiger partial charge in [-0.25, -0.2) is 4.98 Å². The third-order valence-electron chi connectivity index (χ3n) is 4.28. The Labute approximate surface area is 136 Å². The number of alkyl halides is 3. The highest BCUT2D eigenvalue weighted by Crippen LogP contribution is 2.22. The van der Waals surface area contributed by atoms with Crippen LogP contribution in [0.3, 0.4) is 0 Å². The lowest BCUT2D eigenvalue weighted by Gasteiger charge is -2.32. The topological polar surface area (TPSA) is 61.0 Å². The van der Waals surface area contributed by atoms with Gasteiger partial charge in [-0.15, -0.1) is 0 Å². The normalized spacial score (nSPS) is 17.3. The van der Waals surface area contributed by atoms with Gasteiger partial charge < -0.3 is 5.32 Å². The number of hydrogen-bond donors (Lipinski definition) is 2. The zero-order valence-electron chi connectivity index (χ0n) is 13.1. The standard InChI is InChI=1S/C16H19F3N4O/c17-16(18,19)10-23-7-5-11(6-8-23)9-20-15-21-13-4-2-1-3-12(13)14(24)22-15/h1-4,11H,5-10H2,(H2,20,21,22,24). The second-order valence-corrected chi connectivity index (χ2v) is 6.15. The highest BCUT2D eigenvalue weighted by atomic mass is 19.4. The largest absolute Gasteiger partial charge is 0.401 e. The van der Waals surface area contributed by atoms with Crippen molar-refractivity contribution in [2.75, 3.05) is 31.5 Å². The number of rotatable bonds is 4. The second-order valence-electron chi connectivity index (χ2n) is 6.15. The van der Waals surface area contributed by atoms with Gasteiger partial charge in [-0.3, -0.25) is 14.7 Å². The first-order valence-electron chi connectivity index (χ1n) is 7.93. The molecule has 3 rings (SSSR count). The van der Waals surface area contributed by atoms with Gasteiger partial charge in [0.15, 0.2) is 0 Å². The first-order valence-corrected chi connectivity index (χ1v) is 7.93. The van der Waals surface area contributed by atoms with E-state index >= 15 is 0 Å². The van der Waals surface area contributed by atoms with Crippen molar-refractivity contribution < 1.29 is 13.2 Å². The van der Waals surface area contributed by atoms with Crippen molar-refractivity contribution in [1.29, 1.82) is 0 Å². The molecule has 1 aromatic carbocycles. The van der Waals surface area contributed by atoms with Gasteiger partial charge in [0.05, 0.1) is 17.4 Å². The minimum Gasteiger partial charge on any atom is -0.355 e. The van der Waals surface area contributed by atoms with Crippen molar-refractivity contribution >= 4 is 16.9 Å². The van der Waals surface area contributed by atoms with Crippen LogP contribution in [-0.4, -0.2) is 47.2 Å². The van der Waals surface area contributed by atoms with Crippen LogP contribution in [0.2, 0.25) is 0 Å². The van der Waals surface area contributed by atoms with Crippen LogP contribution < -0.4 is 10.9 Å². The summed E-state index contributed by atoms with van der Waals surface area (Å²) in [5.74, 6) is 0.669. The summed E-state index contributed by atoms with van der Waals surface area (Å²) in [6.45, 7) is 0.620. The maximum Gasteiger partial charge on any atom is 0.401 e. The van der Waals surface area contributed by atoms with Crippen molar-refractivity contribution in [3.05, 3.63) is 34.6 Å². The van der Waals surface area contributed by atoms with Crippen molar-refractivity contribution in [2.24, 2.45) is 5.92 Å². The van der Waals surface area contributed by atoms with Crippen molar-refractivity contribution in [3.63, 3.8) is 0 Å². The highest BCUT2D eigenvalue weighted by molar-refractivity contribution is 5.78. The molecule has 1 saturated heterocycles. The van der Waals surface area contributed by atoms with E-state index in [1.807, 2.05) is 6.07 Å². The zero-order valence-corrected chi connectivity index (χ0v) is 13.1. The number of aromatic nitrogens is 2. The van der Waals surface area contributed by atoms with E-state index in [2.05, 4.69) is 15.3 Å². The van der Waals surface area contributed by atoms with Crippen LogP contribution in [0.25, 0.3) is 10.9 Å². The Morgan fingerprint density at radius 2 is 1.96 bits per heavy atom. The van der Waals surface area contributed by atoms with E-state index in [1.54, 1.807) is 18.2 Å². The van der Waals surface area contributed by atoms with Gasteiger partial charge in [0.25, 0.3) is 5.56 Å². The van der Waals surface area contributed by atoms with Gasteiger partial charge in [0, 0.05) is 6.54 Å². The van der Waals surface area contributed by atoms with Gasteiger partial charge in [0.2, 0.25) is 5.95 Å². The summed E-state index contributed by atoms with van der Waals surface area (Å²) < 4.78 is 37.1. The maximum absolute atomic E-state index is 12.4. The third kappa shape index (κ3) is 4.25. The smallest absolute Gasteiger partial charge is 0.355 e. The lowest BCUT2D eigenvalue weighted by molar-refractivity contribution is -0.148. The fourth-order valence-corrected chi connectivity index (χ4v) is 3.01. The molecule has 24 heavy (non-hydrogen) atoms. The van der Waals surface area contributed by atoms with Crippen LogP contribution >= 0.6 is 0 Å². The molecule has 0 spiro atoms. The highest BCUT2D eigenvalue weighted by Gasteiger charge is 2.32. The van der Waals surface area contributed by atoms with E-state index < -0.39 is 12.7 Å². The molecule has 130 valence electrons. The number of likely N-dealkylation sites (tertiary alicyclic amines) is 1. The summed E-state index contributed by atoms with van der Waals surface area (Å²) in [5, 5.41) is 3.63. The number of piperidine rings is 1. The van der Waals surface area contributed by atoms with E-state index in [4.69, 9.17) is 0 Å². The quantitative estimate of drug-likeness (QED) is 0.898. The first kappa shape index (κ1) is 16.8. The van der Waals surface area contributed by atoms with Crippen LogP contribution in [-0.2, 0) is 0 Å². The molecule has 2 heterocycles. The van der Waals surface area contributed by atoms with Crippen LogP contribution in [0.1, 0.15) is 12.8 Å². The zero-order chi connectivity index (χ0) is 17.2. The Balaban J connectivity index is 1.55. The number of aromatic amines is 1. The molecule has 1 aliphatic rings. The summed E-state index contributed by atoms with van der Waals surface area (Å²) in [7, 11) is 0. The number of para-hydroxylation sites is 1. The summed E-state index contributed by atoms with van der Waals surface area (Å²) in [4.78, 5) is 20.5. The van der Waals surface area contributed by atoms with Crippen molar-refractivity contribution in [2.45, 2.75) is 19.0 Å². The van der Waals surface area contributed by atoms with Gasteiger partial charge >= 0.3 is 6.18 Å². The van der Waals surface area contributed by atoms with Gasteiger partial charge in [-0.05, 0) is 44.0 Å². The number of halogens is 3. The summed E-state index contributed by atoms with van der Waals surface area (Å²) in [5.41, 5.74) is 0.409. The van der Waals surface area contributed by atoms with Crippen LogP contribution in [0.4, 0.5) is 19.1 Å². The molecule has 2 aromatic rings. The number of hydrogen-bond acceptors (Lipinski definition) is 4. The first-order chi connectivity index (χ1) is 11.4. The summed E-state index contributed by atoms with van der Waals surface area (Å²) >= 11 is 0. The van der Waals surface area contributed by atoms with Gasteiger partial charge in [-0.2, -0.15) is 13.2 Å². The molecule has 0 amide bonds. The SMILES string of the molecule is O=c1[nH]c(NCC2CCN(CC(F)(F)F)CC2)nc2ccccc12. The Morgan fingerprint density at radius 1 is 1.25 bits per heavy atom. The number of nitrogens with one attached hydrogen (secondary N) is 2. The van der Waals surface area contributed by atoms with Gasteiger partial charge in [-0.1, -0.05) is 12.1 Å². The number of benzene rings is 1. The lowest BCUT2D eigenvalue weighted by Crippen LogP contribution is -2.41. The molecule has 1 aliphatic heterocycles. The molecule has 2 N–H and O–H groups in total. The number of fused-ring (bicyclic) bond motifs is 1. The molecule has 8 heteroatoms. The fraction of sp³-hybridized carbons (Fsp3) is 0.500. The van der Waals surface area contributed by atoms with E-state index in [0.717, 1.165) is 0 Å². The number of nitrogens with zero attached hydrogens (tertiary/aromatic N) is 2. The molecule has 0 radical (unpaired) electrons. The Kier molecular flexibility index (Phi) is 4.75. The van der Waals surface area contributed by atoms with Crippen LogP contribution in [0.5, 0.6) is 0 Å². The monoisotopic (exact) mass is 340 g/mol. The predicted molar refractivity (Wildman–Crippen MR) is 86.1 cm³/mol. The molecule has 0 atom stereocenters. The Hall–Kier alpha value is -2.09. The van der Waals surface area contributed by atoms with Gasteiger partial charge in [0.1, 0.15) is 0 Å². The average molecular weight is 340 g/mol. The molecule has 1 fully saturated rings. The maximum atomic E-state index is 12.4. The Morgan fingerprint density at radius 3 is 2.67 bits per heavy atom. The molecular weight excluding hydrogens is 321 g/mol. The second kappa shape index (κ2) is 6.80. The number of anilines is 1. The predicted octanol–water partition coefficient (Wildman–Crippen LogP) is 2.61. The summed E-state index contributed by atoms with van der Waals surface area (Å²) in [6, 6.07) is 7.07. The molecule has 5 nitrogen and oxygen atoms in total. The van der Waals surface area contributed by atoms with E-state index in [-0.39, 0.29) is 11.5 Å². The summed E-state index contributed by atoms with van der Waals surface area (Å²) in [6.07, 6.45) is -2.75. The lowest BCUT2D eigenvalue weighted by atomic mass is 9.97.